The van der Waals surface area contributed by atoms with Gasteiger partial charge in [0, 0.05) is 18.6 Å². The van der Waals surface area contributed by atoms with Crippen molar-refractivity contribution < 1.29 is 0 Å². The topological polar surface area (TPSA) is 15.3 Å². The summed E-state index contributed by atoms with van der Waals surface area (Å²) in [6.45, 7) is 4.58. The molecule has 1 aromatic heterocycles. The molecule has 1 fully saturated rings. The lowest BCUT2D eigenvalue weighted by Gasteiger charge is -2.30. The molecule has 2 rings (SSSR count). The van der Waals surface area contributed by atoms with Crippen LogP contribution in [0.3, 0.4) is 0 Å². The van der Waals surface area contributed by atoms with E-state index in [1.807, 2.05) is 7.05 Å². The summed E-state index contributed by atoms with van der Waals surface area (Å²) in [6.07, 6.45) is 2.62. The second kappa shape index (κ2) is 5.50. The minimum absolute atomic E-state index is 0.490. The zero-order chi connectivity index (χ0) is 11.5. The minimum Gasteiger partial charge on any atom is -0.318 e. The van der Waals surface area contributed by atoms with Crippen molar-refractivity contribution in [2.24, 2.45) is 0 Å². The first-order chi connectivity index (χ1) is 7.72. The Kier molecular flexibility index (Phi) is 4.25. The summed E-state index contributed by atoms with van der Waals surface area (Å²) >= 11 is 7.63. The lowest BCUT2D eigenvalue weighted by atomic mass is 10.1. The molecule has 0 bridgehead atoms. The first kappa shape index (κ1) is 12.4. The van der Waals surface area contributed by atoms with E-state index in [1.165, 1.54) is 24.9 Å². The van der Waals surface area contributed by atoms with E-state index in [9.17, 15) is 0 Å². The Labute approximate surface area is 107 Å². The summed E-state index contributed by atoms with van der Waals surface area (Å²) in [7, 11) is 2.03. The maximum absolute atomic E-state index is 6.00. The normalized spacial score (nSPS) is 23.8. The Morgan fingerprint density at radius 2 is 2.50 bits per heavy atom. The van der Waals surface area contributed by atoms with Crippen LogP contribution >= 0.6 is 22.9 Å². The van der Waals surface area contributed by atoms with Gasteiger partial charge in [-0.15, -0.1) is 11.3 Å². The van der Waals surface area contributed by atoms with Gasteiger partial charge in [0.05, 0.1) is 4.34 Å². The standard InChI is InChI=1S/C12H19ClN2S/c1-9(10-6-12(13)16-8-10)15-5-3-4-11(15)7-14-2/h6,8-9,11,14H,3-5,7H2,1-2H3. The zero-order valence-corrected chi connectivity index (χ0v) is 11.4. The maximum Gasteiger partial charge on any atom is 0.0931 e. The van der Waals surface area contributed by atoms with Crippen LogP contribution in [0.2, 0.25) is 4.34 Å². The Morgan fingerprint density at radius 1 is 1.69 bits per heavy atom. The molecule has 1 aliphatic rings. The highest BCUT2D eigenvalue weighted by Gasteiger charge is 2.28. The van der Waals surface area contributed by atoms with E-state index in [1.54, 1.807) is 11.3 Å². The molecule has 1 aromatic rings. The van der Waals surface area contributed by atoms with E-state index in [0.717, 1.165) is 10.9 Å². The van der Waals surface area contributed by atoms with Crippen molar-refractivity contribution in [3.8, 4) is 0 Å². The second-order valence-corrected chi connectivity index (χ2v) is 5.99. The first-order valence-electron chi connectivity index (χ1n) is 5.86. The molecule has 4 heteroatoms. The smallest absolute Gasteiger partial charge is 0.0931 e. The predicted octanol–water partition coefficient (Wildman–Crippen LogP) is 3.15. The van der Waals surface area contributed by atoms with Gasteiger partial charge in [-0.3, -0.25) is 4.90 Å². The lowest BCUT2D eigenvalue weighted by molar-refractivity contribution is 0.191. The van der Waals surface area contributed by atoms with E-state index >= 15 is 0 Å². The van der Waals surface area contributed by atoms with Crippen molar-refractivity contribution in [2.75, 3.05) is 20.1 Å². The molecule has 2 atom stereocenters. The van der Waals surface area contributed by atoms with Crippen LogP contribution in [-0.4, -0.2) is 31.1 Å². The highest BCUT2D eigenvalue weighted by Crippen LogP contribution is 2.32. The van der Waals surface area contributed by atoms with Crippen molar-refractivity contribution in [1.29, 1.82) is 0 Å². The van der Waals surface area contributed by atoms with Crippen molar-refractivity contribution in [3.63, 3.8) is 0 Å². The highest BCUT2D eigenvalue weighted by molar-refractivity contribution is 7.14. The number of rotatable bonds is 4. The van der Waals surface area contributed by atoms with Crippen molar-refractivity contribution >= 4 is 22.9 Å². The lowest BCUT2D eigenvalue weighted by Crippen LogP contribution is -2.38. The number of halogens is 1. The van der Waals surface area contributed by atoms with Gasteiger partial charge in [0.25, 0.3) is 0 Å². The molecule has 1 N–H and O–H groups in total. The van der Waals surface area contributed by atoms with Crippen LogP contribution < -0.4 is 5.32 Å². The molecule has 16 heavy (non-hydrogen) atoms. The second-order valence-electron chi connectivity index (χ2n) is 4.45. The number of nitrogens with zero attached hydrogens (tertiary/aromatic N) is 1. The van der Waals surface area contributed by atoms with Crippen LogP contribution in [-0.2, 0) is 0 Å². The molecule has 90 valence electrons. The fraction of sp³-hybridized carbons (Fsp3) is 0.667. The van der Waals surface area contributed by atoms with Crippen LogP contribution in [0.4, 0.5) is 0 Å². The Hall–Kier alpha value is -0.0900. The number of hydrogen-bond donors (Lipinski definition) is 1. The van der Waals surface area contributed by atoms with Gasteiger partial charge in [-0.2, -0.15) is 0 Å². The fourth-order valence-electron chi connectivity index (χ4n) is 2.56. The molecule has 0 amide bonds. The van der Waals surface area contributed by atoms with Gasteiger partial charge in [-0.25, -0.2) is 0 Å². The number of nitrogens with one attached hydrogen (secondary N) is 1. The van der Waals surface area contributed by atoms with Gasteiger partial charge in [0.1, 0.15) is 0 Å². The summed E-state index contributed by atoms with van der Waals surface area (Å²) in [5.74, 6) is 0. The van der Waals surface area contributed by atoms with E-state index < -0.39 is 0 Å². The van der Waals surface area contributed by atoms with Gasteiger partial charge in [0.2, 0.25) is 0 Å². The molecule has 2 unspecified atom stereocenters. The van der Waals surface area contributed by atoms with Crippen LogP contribution in [0.1, 0.15) is 31.4 Å². The average Bonchev–Trinajstić information content (AvgIpc) is 2.87. The van der Waals surface area contributed by atoms with Gasteiger partial charge < -0.3 is 5.32 Å². The van der Waals surface area contributed by atoms with Gasteiger partial charge in [-0.1, -0.05) is 11.6 Å². The van der Waals surface area contributed by atoms with E-state index in [-0.39, 0.29) is 0 Å². The molecule has 0 aromatic carbocycles. The molecule has 1 aliphatic heterocycles. The van der Waals surface area contributed by atoms with Crippen LogP contribution in [0.25, 0.3) is 0 Å². The third-order valence-electron chi connectivity index (χ3n) is 3.43. The number of thiophene rings is 1. The van der Waals surface area contributed by atoms with E-state index in [2.05, 4.69) is 28.6 Å². The third kappa shape index (κ3) is 2.59. The molecule has 0 spiro atoms. The molecule has 0 saturated carbocycles. The van der Waals surface area contributed by atoms with Crippen molar-refractivity contribution in [1.82, 2.24) is 10.2 Å². The summed E-state index contributed by atoms with van der Waals surface area (Å²) in [4.78, 5) is 2.59. The third-order valence-corrected chi connectivity index (χ3v) is 4.54. The summed E-state index contributed by atoms with van der Waals surface area (Å²) in [5.41, 5.74) is 1.36. The fourth-order valence-corrected chi connectivity index (χ4v) is 3.53. The molecular formula is C12H19ClN2S. The quantitative estimate of drug-likeness (QED) is 0.893. The number of hydrogen-bond acceptors (Lipinski definition) is 3. The highest BCUT2D eigenvalue weighted by atomic mass is 35.5. The summed E-state index contributed by atoms with van der Waals surface area (Å²) < 4.78 is 0.895. The molecule has 0 aliphatic carbocycles. The van der Waals surface area contributed by atoms with Gasteiger partial charge in [-0.05, 0) is 50.4 Å². The van der Waals surface area contributed by atoms with Crippen molar-refractivity contribution in [2.45, 2.75) is 31.8 Å². The zero-order valence-electron chi connectivity index (χ0n) is 9.87. The number of likely N-dealkylation sites (N-methyl/N-ethyl adjacent to an activating group) is 1. The Morgan fingerprint density at radius 3 is 3.12 bits per heavy atom. The SMILES string of the molecule is CNCC1CCCN1C(C)c1csc(Cl)c1. The van der Waals surface area contributed by atoms with E-state index in [0.29, 0.717) is 12.1 Å². The average molecular weight is 259 g/mol. The minimum atomic E-state index is 0.490. The first-order valence-corrected chi connectivity index (χ1v) is 7.12. The maximum atomic E-state index is 6.00. The number of likely N-dealkylation sites (tertiary alicyclic amines) is 1. The van der Waals surface area contributed by atoms with Crippen molar-refractivity contribution in [3.05, 3.63) is 21.3 Å². The summed E-state index contributed by atoms with van der Waals surface area (Å²) in [5, 5.41) is 5.47. The van der Waals surface area contributed by atoms with Crippen LogP contribution in [0.5, 0.6) is 0 Å². The van der Waals surface area contributed by atoms with Gasteiger partial charge >= 0.3 is 0 Å². The molecule has 1 saturated heterocycles. The monoisotopic (exact) mass is 258 g/mol. The summed E-state index contributed by atoms with van der Waals surface area (Å²) in [6, 6.07) is 3.27. The largest absolute Gasteiger partial charge is 0.318 e. The Balaban J connectivity index is 2.05. The predicted molar refractivity (Wildman–Crippen MR) is 71.4 cm³/mol. The van der Waals surface area contributed by atoms with Crippen LogP contribution in [0, 0.1) is 0 Å². The van der Waals surface area contributed by atoms with Gasteiger partial charge in [0.15, 0.2) is 0 Å². The molecule has 2 nitrogen and oxygen atoms in total. The molecule has 0 radical (unpaired) electrons. The molecular weight excluding hydrogens is 240 g/mol. The molecule has 2 heterocycles. The van der Waals surface area contributed by atoms with Crippen LogP contribution in [0.15, 0.2) is 11.4 Å². The van der Waals surface area contributed by atoms with E-state index in [4.69, 9.17) is 11.6 Å². The Bertz CT molecular complexity index is 340.